The zero-order valence-electron chi connectivity index (χ0n) is 25.9. The average molecular weight is 601 g/mol. The Hall–Kier alpha value is -4.75. The van der Waals surface area contributed by atoms with Crippen LogP contribution < -0.4 is 20.2 Å². The Balaban J connectivity index is 1.49. The highest BCUT2D eigenvalue weighted by Crippen LogP contribution is 2.32. The first-order valence-electron chi connectivity index (χ1n) is 14.9. The van der Waals surface area contributed by atoms with Gasteiger partial charge in [-0.05, 0) is 92.3 Å². The molecule has 2 aromatic heterocycles. The summed E-state index contributed by atoms with van der Waals surface area (Å²) >= 11 is 1.36. The van der Waals surface area contributed by atoms with Crippen molar-refractivity contribution < 1.29 is 4.79 Å². The van der Waals surface area contributed by atoms with Crippen molar-refractivity contribution in [3.63, 3.8) is 0 Å². The molecule has 7 heteroatoms. The predicted octanol–water partition coefficient (Wildman–Crippen LogP) is 6.71. The second-order valence-corrected chi connectivity index (χ2v) is 12.7. The number of aryl methyl sites for hydroxylation is 2. The maximum Gasteiger partial charge on any atom is 0.271 e. The summed E-state index contributed by atoms with van der Waals surface area (Å²) in [5, 5.41) is 3.02. The molecule has 0 unspecified atom stereocenters. The van der Waals surface area contributed by atoms with Crippen LogP contribution in [0.25, 0.3) is 11.8 Å². The first-order chi connectivity index (χ1) is 21.1. The van der Waals surface area contributed by atoms with Gasteiger partial charge in [0.2, 0.25) is 0 Å². The number of allylic oxidation sites excluding steroid dienone is 1. The number of benzene rings is 3. The van der Waals surface area contributed by atoms with E-state index in [0.717, 1.165) is 28.2 Å². The third kappa shape index (κ3) is 5.40. The summed E-state index contributed by atoms with van der Waals surface area (Å²) in [6, 6.07) is 27.5. The van der Waals surface area contributed by atoms with Gasteiger partial charge in [0.05, 0.1) is 21.8 Å². The number of carbonyl (C=O) groups is 1. The molecule has 0 fully saturated rings. The van der Waals surface area contributed by atoms with Gasteiger partial charge in [-0.3, -0.25) is 14.2 Å². The summed E-state index contributed by atoms with van der Waals surface area (Å²) < 4.78 is 4.48. The first-order valence-corrected chi connectivity index (χ1v) is 15.7. The minimum absolute atomic E-state index is 0.162. The Bertz CT molecular complexity index is 2100. The molecule has 1 aliphatic heterocycles. The smallest absolute Gasteiger partial charge is 0.271 e. The van der Waals surface area contributed by atoms with Gasteiger partial charge in [0.1, 0.15) is 0 Å². The van der Waals surface area contributed by atoms with E-state index < -0.39 is 6.04 Å². The molecular weight excluding hydrogens is 565 g/mol. The summed E-state index contributed by atoms with van der Waals surface area (Å²) in [6.07, 6.45) is 1.96. The molecule has 0 radical (unpaired) electrons. The van der Waals surface area contributed by atoms with Crippen LogP contribution in [0.1, 0.15) is 66.4 Å². The van der Waals surface area contributed by atoms with E-state index in [-0.39, 0.29) is 11.5 Å². The molecule has 1 aliphatic rings. The quantitative estimate of drug-likeness (QED) is 0.235. The van der Waals surface area contributed by atoms with Crippen molar-refractivity contribution in [1.82, 2.24) is 9.13 Å². The van der Waals surface area contributed by atoms with Gasteiger partial charge in [-0.2, -0.15) is 0 Å². The molecule has 0 aliphatic carbocycles. The third-order valence-electron chi connectivity index (χ3n) is 8.23. The Morgan fingerprint density at radius 1 is 0.932 bits per heavy atom. The lowest BCUT2D eigenvalue weighted by Gasteiger charge is -2.25. The molecule has 1 atom stereocenters. The van der Waals surface area contributed by atoms with Crippen molar-refractivity contribution in [2.24, 2.45) is 4.99 Å². The van der Waals surface area contributed by atoms with Crippen molar-refractivity contribution in [2.75, 3.05) is 5.32 Å². The normalized spacial score (nSPS) is 15.0. The van der Waals surface area contributed by atoms with Gasteiger partial charge in [0.15, 0.2) is 4.80 Å². The number of anilines is 1. The molecule has 0 saturated heterocycles. The zero-order chi connectivity index (χ0) is 31.1. The van der Waals surface area contributed by atoms with E-state index in [9.17, 15) is 9.59 Å². The molecule has 222 valence electrons. The summed E-state index contributed by atoms with van der Waals surface area (Å²) in [5.41, 5.74) is 9.05. The lowest BCUT2D eigenvalue weighted by atomic mass is 9.93. The van der Waals surface area contributed by atoms with E-state index >= 15 is 0 Å². The Kier molecular flexibility index (Phi) is 7.82. The van der Waals surface area contributed by atoms with E-state index in [4.69, 9.17) is 4.99 Å². The minimum Gasteiger partial charge on any atom is -0.322 e. The van der Waals surface area contributed by atoms with Crippen LogP contribution in [0.4, 0.5) is 5.69 Å². The summed E-state index contributed by atoms with van der Waals surface area (Å²) in [5.74, 6) is 0.0920. The lowest BCUT2D eigenvalue weighted by Crippen LogP contribution is -2.40. The van der Waals surface area contributed by atoms with Crippen molar-refractivity contribution in [3.05, 3.63) is 150 Å². The highest BCUT2D eigenvalue weighted by atomic mass is 32.1. The van der Waals surface area contributed by atoms with Crippen molar-refractivity contribution >= 4 is 29.0 Å². The van der Waals surface area contributed by atoms with Gasteiger partial charge in [0, 0.05) is 22.8 Å². The van der Waals surface area contributed by atoms with E-state index in [0.29, 0.717) is 32.2 Å². The fourth-order valence-electron chi connectivity index (χ4n) is 5.95. The van der Waals surface area contributed by atoms with Crippen LogP contribution in [0, 0.1) is 20.8 Å². The van der Waals surface area contributed by atoms with Gasteiger partial charge in [-0.15, -0.1) is 0 Å². The van der Waals surface area contributed by atoms with Crippen molar-refractivity contribution in [1.29, 1.82) is 0 Å². The van der Waals surface area contributed by atoms with E-state index in [1.54, 1.807) is 4.57 Å². The molecular formula is C37H36N4O2S. The number of rotatable bonds is 6. The van der Waals surface area contributed by atoms with E-state index in [1.165, 1.54) is 22.5 Å². The molecule has 0 saturated carbocycles. The number of carbonyl (C=O) groups excluding carboxylic acids is 1. The van der Waals surface area contributed by atoms with E-state index in [1.807, 2.05) is 55.5 Å². The molecule has 0 spiro atoms. The summed E-state index contributed by atoms with van der Waals surface area (Å²) in [7, 11) is 0. The first kappa shape index (κ1) is 29.3. The Labute approximate surface area is 261 Å². The SMILES string of the molecule is CC1=C(C(=O)Nc2ccccc2)[C@H](c2ccc(C(C)C)cc2)n2c(s/c(=C/c3cc(C)n(-c4cccc(C)c4)c3C)c2=O)=N1. The number of nitrogens with one attached hydrogen (secondary N) is 1. The number of aromatic nitrogens is 2. The highest BCUT2D eigenvalue weighted by molar-refractivity contribution is 7.07. The van der Waals surface area contributed by atoms with Gasteiger partial charge >= 0.3 is 0 Å². The Morgan fingerprint density at radius 3 is 2.34 bits per heavy atom. The van der Waals surface area contributed by atoms with Crippen LogP contribution >= 0.6 is 11.3 Å². The molecule has 1 amide bonds. The summed E-state index contributed by atoms with van der Waals surface area (Å²) in [6.45, 7) is 12.4. The number of fused-ring (bicyclic) bond motifs is 1. The number of thiazole rings is 1. The van der Waals surface area contributed by atoms with Crippen LogP contribution in [-0.4, -0.2) is 15.0 Å². The highest BCUT2D eigenvalue weighted by Gasteiger charge is 2.32. The third-order valence-corrected chi connectivity index (χ3v) is 9.22. The second kappa shape index (κ2) is 11.7. The maximum absolute atomic E-state index is 14.2. The molecule has 3 aromatic carbocycles. The van der Waals surface area contributed by atoms with E-state index in [2.05, 4.69) is 87.0 Å². The second-order valence-electron chi connectivity index (χ2n) is 11.7. The molecule has 0 bridgehead atoms. The molecule has 5 aromatic rings. The summed E-state index contributed by atoms with van der Waals surface area (Å²) in [4.78, 5) is 33.5. The molecule has 6 rings (SSSR count). The van der Waals surface area contributed by atoms with Crippen molar-refractivity contribution in [2.45, 2.75) is 53.5 Å². The maximum atomic E-state index is 14.2. The fraction of sp³-hybridized carbons (Fsp3) is 0.216. The fourth-order valence-corrected chi connectivity index (χ4v) is 6.99. The number of amides is 1. The monoisotopic (exact) mass is 600 g/mol. The number of hydrogen-bond donors (Lipinski definition) is 1. The topological polar surface area (TPSA) is 68.4 Å². The van der Waals surface area contributed by atoms with Gasteiger partial charge in [0.25, 0.3) is 11.5 Å². The minimum atomic E-state index is -0.613. The standard InChI is InChI=1S/C37H36N4O2S/c1-22(2)27-15-17-28(18-16-27)34-33(35(42)39-30-12-8-7-9-13-30)25(5)38-37-41(34)36(43)32(44-37)21-29-20-24(4)40(26(29)6)31-14-10-11-23(3)19-31/h7-22,34H,1-6H3,(H,39,42)/b32-21+/t34-/m0/s1. The molecule has 3 heterocycles. The number of hydrogen-bond acceptors (Lipinski definition) is 4. The van der Waals surface area contributed by atoms with Crippen LogP contribution in [-0.2, 0) is 4.79 Å². The van der Waals surface area contributed by atoms with Gasteiger partial charge in [-0.25, -0.2) is 4.99 Å². The zero-order valence-corrected chi connectivity index (χ0v) is 26.7. The van der Waals surface area contributed by atoms with Crippen LogP contribution in [0.2, 0.25) is 0 Å². The molecule has 1 N–H and O–H groups in total. The van der Waals surface area contributed by atoms with Gasteiger partial charge < -0.3 is 9.88 Å². The molecule has 6 nitrogen and oxygen atoms in total. The molecule has 44 heavy (non-hydrogen) atoms. The van der Waals surface area contributed by atoms with Crippen molar-refractivity contribution in [3.8, 4) is 5.69 Å². The lowest BCUT2D eigenvalue weighted by molar-refractivity contribution is -0.113. The van der Waals surface area contributed by atoms with Crippen LogP contribution in [0.3, 0.4) is 0 Å². The van der Waals surface area contributed by atoms with Crippen LogP contribution in [0.5, 0.6) is 0 Å². The number of nitrogens with zero attached hydrogens (tertiary/aromatic N) is 3. The average Bonchev–Trinajstić information content (AvgIpc) is 3.46. The number of para-hydroxylation sites is 1. The predicted molar refractivity (Wildman–Crippen MR) is 179 cm³/mol. The van der Waals surface area contributed by atoms with Gasteiger partial charge in [-0.1, -0.05) is 79.8 Å². The largest absolute Gasteiger partial charge is 0.322 e. The van der Waals surface area contributed by atoms with Crippen LogP contribution in [0.15, 0.2) is 106 Å². The Morgan fingerprint density at radius 2 is 1.66 bits per heavy atom.